The number of hydrogen-bond acceptors (Lipinski definition) is 5. The third-order valence-electron chi connectivity index (χ3n) is 5.97. The maximum Gasteiger partial charge on any atom is 0.124 e. The minimum Gasteiger partial charge on any atom is -0.398 e. The Morgan fingerprint density at radius 1 is 0.636 bits per heavy atom. The van der Waals surface area contributed by atoms with Gasteiger partial charge in [-0.05, 0) is 70.9 Å². The van der Waals surface area contributed by atoms with Crippen LogP contribution in [0.1, 0.15) is 0 Å². The Morgan fingerprint density at radius 2 is 1.36 bits per heavy atom. The van der Waals surface area contributed by atoms with Gasteiger partial charge in [0.15, 0.2) is 0 Å². The summed E-state index contributed by atoms with van der Waals surface area (Å²) in [5.74, 6) is 0.526. The number of nitrogens with one attached hydrogen (secondary N) is 1. The van der Waals surface area contributed by atoms with Crippen LogP contribution in [0, 0.1) is 0 Å². The van der Waals surface area contributed by atoms with Crippen LogP contribution in [-0.4, -0.2) is 9.97 Å². The summed E-state index contributed by atoms with van der Waals surface area (Å²) in [7, 11) is 0. The molecule has 158 valence electrons. The van der Waals surface area contributed by atoms with Gasteiger partial charge in [-0.2, -0.15) is 0 Å². The van der Waals surface area contributed by atoms with Gasteiger partial charge in [0, 0.05) is 33.9 Å². The average molecular weight is 428 g/mol. The lowest BCUT2D eigenvalue weighted by molar-refractivity contribution is 1.41. The predicted octanol–water partition coefficient (Wildman–Crippen LogP) is 6.51. The van der Waals surface area contributed by atoms with Gasteiger partial charge >= 0.3 is 0 Å². The Kier molecular flexibility index (Phi) is 4.33. The van der Waals surface area contributed by atoms with Crippen LogP contribution in [-0.2, 0) is 0 Å². The molecule has 33 heavy (non-hydrogen) atoms. The van der Waals surface area contributed by atoms with Crippen molar-refractivity contribution >= 4 is 55.5 Å². The Bertz CT molecular complexity index is 1670. The van der Waals surface area contributed by atoms with Crippen molar-refractivity contribution in [2.24, 2.45) is 0 Å². The van der Waals surface area contributed by atoms with Crippen LogP contribution in [0.2, 0.25) is 0 Å². The van der Waals surface area contributed by atoms with Crippen molar-refractivity contribution in [3.8, 4) is 11.1 Å². The molecule has 0 radical (unpaired) electrons. The number of nitrogens with zero attached hydrogens (tertiary/aromatic N) is 2. The highest BCUT2D eigenvalue weighted by Gasteiger charge is 2.09. The molecule has 0 aliphatic rings. The van der Waals surface area contributed by atoms with Gasteiger partial charge in [-0.3, -0.25) is 4.98 Å². The molecule has 6 rings (SSSR count). The number of rotatable bonds is 3. The lowest BCUT2D eigenvalue weighted by atomic mass is 9.99. The summed E-state index contributed by atoms with van der Waals surface area (Å²) < 4.78 is 0. The minimum absolute atomic E-state index is 0.526. The van der Waals surface area contributed by atoms with E-state index >= 15 is 0 Å². The van der Waals surface area contributed by atoms with E-state index in [1.807, 2.05) is 54.7 Å². The van der Waals surface area contributed by atoms with Crippen LogP contribution in [0.3, 0.4) is 0 Å². The summed E-state index contributed by atoms with van der Waals surface area (Å²) in [5.41, 5.74) is 18.8. The van der Waals surface area contributed by atoms with E-state index in [9.17, 15) is 0 Å². The van der Waals surface area contributed by atoms with Crippen molar-refractivity contribution in [1.29, 1.82) is 0 Å². The molecule has 0 spiro atoms. The fraction of sp³-hybridized carbons (Fsp3) is 0. The molecule has 0 aliphatic heterocycles. The molecular formula is C28H21N5. The van der Waals surface area contributed by atoms with Crippen LogP contribution in [0.4, 0.5) is 22.9 Å². The first-order valence-electron chi connectivity index (χ1n) is 10.7. The van der Waals surface area contributed by atoms with Gasteiger partial charge in [-0.1, -0.05) is 36.4 Å². The molecule has 0 atom stereocenters. The Labute approximate surface area is 190 Å². The molecule has 0 bridgehead atoms. The Balaban J connectivity index is 1.33. The first-order valence-corrected chi connectivity index (χ1v) is 10.7. The van der Waals surface area contributed by atoms with Gasteiger partial charge in [-0.25, -0.2) is 4.98 Å². The highest BCUT2D eigenvalue weighted by atomic mass is 14.9. The van der Waals surface area contributed by atoms with Crippen molar-refractivity contribution in [1.82, 2.24) is 9.97 Å². The normalized spacial score (nSPS) is 11.3. The van der Waals surface area contributed by atoms with Crippen molar-refractivity contribution in [2.45, 2.75) is 0 Å². The van der Waals surface area contributed by atoms with Crippen molar-refractivity contribution in [3.05, 3.63) is 97.2 Å². The van der Waals surface area contributed by atoms with Gasteiger partial charge in [0.25, 0.3) is 0 Å². The predicted molar refractivity (Wildman–Crippen MR) is 139 cm³/mol. The first-order chi connectivity index (χ1) is 16.1. The highest BCUT2D eigenvalue weighted by Crippen LogP contribution is 2.33. The number of hydrogen-bond donors (Lipinski definition) is 3. The summed E-state index contributed by atoms with van der Waals surface area (Å²) in [6.45, 7) is 0. The summed E-state index contributed by atoms with van der Waals surface area (Å²) in [6, 6.07) is 30.5. The summed E-state index contributed by atoms with van der Waals surface area (Å²) in [6.07, 6.45) is 1.86. The quantitative estimate of drug-likeness (QED) is 0.299. The molecule has 5 heteroatoms. The van der Waals surface area contributed by atoms with E-state index in [4.69, 9.17) is 11.5 Å². The highest BCUT2D eigenvalue weighted by molar-refractivity contribution is 6.00. The van der Waals surface area contributed by atoms with Gasteiger partial charge in [0.05, 0.1) is 16.7 Å². The zero-order valence-electron chi connectivity index (χ0n) is 17.8. The number of nitrogen functional groups attached to an aromatic ring is 2. The van der Waals surface area contributed by atoms with Crippen LogP contribution in [0.5, 0.6) is 0 Å². The molecule has 2 heterocycles. The topological polar surface area (TPSA) is 89.8 Å². The van der Waals surface area contributed by atoms with Gasteiger partial charge in [0.1, 0.15) is 5.82 Å². The molecule has 6 aromatic rings. The third-order valence-corrected chi connectivity index (χ3v) is 5.97. The second-order valence-corrected chi connectivity index (χ2v) is 8.15. The average Bonchev–Trinajstić information content (AvgIpc) is 2.84. The fourth-order valence-electron chi connectivity index (χ4n) is 4.27. The van der Waals surface area contributed by atoms with E-state index in [0.29, 0.717) is 5.82 Å². The van der Waals surface area contributed by atoms with E-state index in [0.717, 1.165) is 60.8 Å². The van der Waals surface area contributed by atoms with Gasteiger partial charge in [0.2, 0.25) is 0 Å². The maximum atomic E-state index is 6.49. The van der Waals surface area contributed by atoms with Crippen LogP contribution >= 0.6 is 0 Å². The molecule has 0 fully saturated rings. The van der Waals surface area contributed by atoms with E-state index in [2.05, 4.69) is 57.7 Å². The maximum absolute atomic E-state index is 6.49. The number of aromatic nitrogens is 2. The molecule has 0 saturated carbocycles. The zero-order valence-corrected chi connectivity index (χ0v) is 17.8. The lowest BCUT2D eigenvalue weighted by Gasteiger charge is -2.11. The molecule has 5 N–H and O–H groups in total. The second kappa shape index (κ2) is 7.50. The van der Waals surface area contributed by atoms with Gasteiger partial charge < -0.3 is 16.8 Å². The Hall–Kier alpha value is -4.64. The van der Waals surface area contributed by atoms with Crippen LogP contribution in [0.15, 0.2) is 97.2 Å². The SMILES string of the molecule is Nc1ccc2cc(Nc3ccc4cc(-c5cnc6ccccc6c5N)ccc4c3)ccc2n1. The second-order valence-electron chi connectivity index (χ2n) is 8.15. The number of anilines is 4. The first kappa shape index (κ1) is 19.1. The largest absolute Gasteiger partial charge is 0.398 e. The molecule has 5 nitrogen and oxygen atoms in total. The molecule has 2 aromatic heterocycles. The molecule has 4 aromatic carbocycles. The van der Waals surface area contributed by atoms with Crippen LogP contribution in [0.25, 0.3) is 43.7 Å². The van der Waals surface area contributed by atoms with Gasteiger partial charge in [-0.15, -0.1) is 0 Å². The monoisotopic (exact) mass is 427 g/mol. The van der Waals surface area contributed by atoms with Crippen LogP contribution < -0.4 is 16.8 Å². The summed E-state index contributed by atoms with van der Waals surface area (Å²) in [5, 5.41) is 7.79. The lowest BCUT2D eigenvalue weighted by Crippen LogP contribution is -1.94. The number of nitrogens with two attached hydrogens (primary N) is 2. The number of pyridine rings is 2. The van der Waals surface area contributed by atoms with Crippen molar-refractivity contribution in [2.75, 3.05) is 16.8 Å². The zero-order chi connectivity index (χ0) is 22.4. The van der Waals surface area contributed by atoms with Crippen molar-refractivity contribution < 1.29 is 0 Å². The fourth-order valence-corrected chi connectivity index (χ4v) is 4.27. The summed E-state index contributed by atoms with van der Waals surface area (Å²) >= 11 is 0. The number of para-hydroxylation sites is 1. The molecule has 0 aliphatic carbocycles. The minimum atomic E-state index is 0.526. The van der Waals surface area contributed by atoms with E-state index < -0.39 is 0 Å². The smallest absolute Gasteiger partial charge is 0.124 e. The standard InChI is InChI=1S/C28H21N5/c29-27-12-8-20-15-22(10-11-25(20)33-27)32-21-9-7-17-13-19(6-5-18(17)14-21)24-16-31-26-4-2-1-3-23(26)28(24)30/h1-16,32H,(H2,29,33)(H2,30,31). The molecule has 0 unspecified atom stereocenters. The Morgan fingerprint density at radius 3 is 2.27 bits per heavy atom. The number of fused-ring (bicyclic) bond motifs is 3. The van der Waals surface area contributed by atoms with Crippen molar-refractivity contribution in [3.63, 3.8) is 0 Å². The van der Waals surface area contributed by atoms with E-state index in [-0.39, 0.29) is 0 Å². The molecule has 0 amide bonds. The third kappa shape index (κ3) is 3.46. The van der Waals surface area contributed by atoms with E-state index in [1.165, 1.54) is 0 Å². The molecular weight excluding hydrogens is 406 g/mol. The molecule has 0 saturated heterocycles. The number of benzene rings is 4. The van der Waals surface area contributed by atoms with E-state index in [1.54, 1.807) is 0 Å². The summed E-state index contributed by atoms with van der Waals surface area (Å²) in [4.78, 5) is 8.94.